The number of amides is 1. The minimum Gasteiger partial charge on any atom is -0.479 e. The minimum absolute atomic E-state index is 0.0176. The third kappa shape index (κ3) is 6.08. The Morgan fingerprint density at radius 3 is 2.23 bits per heavy atom. The fourth-order valence-electron chi connectivity index (χ4n) is 2.50. The maximum Gasteiger partial charge on any atom is 0.336 e. The summed E-state index contributed by atoms with van der Waals surface area (Å²) in [7, 11) is 0. The van der Waals surface area contributed by atoms with Crippen molar-refractivity contribution >= 4 is 23.6 Å². The van der Waals surface area contributed by atoms with E-state index in [1.54, 1.807) is 78.9 Å². The van der Waals surface area contributed by atoms with Crippen molar-refractivity contribution in [2.75, 3.05) is 11.9 Å². The first kappa shape index (κ1) is 20.4. The summed E-state index contributed by atoms with van der Waals surface area (Å²) in [5, 5.41) is 11.3. The van der Waals surface area contributed by atoms with Crippen molar-refractivity contribution in [1.82, 2.24) is 0 Å². The molecule has 148 valence electrons. The first-order chi connectivity index (χ1) is 14.6. The van der Waals surface area contributed by atoms with Crippen LogP contribution < -0.4 is 14.8 Å². The van der Waals surface area contributed by atoms with Gasteiger partial charge < -0.3 is 14.8 Å². The zero-order valence-electron chi connectivity index (χ0n) is 15.9. The van der Waals surface area contributed by atoms with E-state index in [-0.39, 0.29) is 12.5 Å². The smallest absolute Gasteiger partial charge is 0.336 e. The van der Waals surface area contributed by atoms with E-state index in [4.69, 9.17) is 14.7 Å². The molecule has 0 radical (unpaired) electrons. The predicted octanol–water partition coefficient (Wildman–Crippen LogP) is 4.46. The predicted molar refractivity (Wildman–Crippen MR) is 113 cm³/mol. The molecule has 0 atom stereocenters. The van der Waals surface area contributed by atoms with Crippen LogP contribution in [0.3, 0.4) is 0 Å². The number of benzene rings is 3. The summed E-state index contributed by atoms with van der Waals surface area (Å²) in [5.41, 5.74) is 1.94. The molecule has 3 aromatic rings. The van der Waals surface area contributed by atoms with Crippen molar-refractivity contribution in [3.63, 3.8) is 0 Å². The second-order valence-corrected chi connectivity index (χ2v) is 6.11. The molecule has 0 unspecified atom stereocenters. The molecule has 6 nitrogen and oxygen atoms in total. The quantitative estimate of drug-likeness (QED) is 0.361. The van der Waals surface area contributed by atoms with E-state index in [0.29, 0.717) is 22.7 Å². The normalized spacial score (nSPS) is 10.2. The van der Waals surface area contributed by atoms with Gasteiger partial charge in [0.05, 0.1) is 0 Å². The van der Waals surface area contributed by atoms with Crippen LogP contribution in [0.2, 0.25) is 0 Å². The Balaban J connectivity index is 1.52. The van der Waals surface area contributed by atoms with Gasteiger partial charge in [0, 0.05) is 17.3 Å². The average molecular weight is 398 g/mol. The Bertz CT molecular complexity index is 1070. The standard InChI is InChI=1S/C24H18N2O4/c25-16-17-29-21-11-6-18(7-12-21)8-15-23(27)30-22-13-9-20(10-14-22)26-24(28)19-4-2-1-3-5-19/h1-15H,17H2,(H,26,28)/b15-8+. The van der Waals surface area contributed by atoms with Crippen LogP contribution in [0.4, 0.5) is 5.69 Å². The molecule has 0 fully saturated rings. The molecule has 3 aromatic carbocycles. The van der Waals surface area contributed by atoms with Gasteiger partial charge in [-0.25, -0.2) is 4.79 Å². The molecule has 0 spiro atoms. The molecule has 0 aliphatic rings. The fourth-order valence-corrected chi connectivity index (χ4v) is 2.50. The van der Waals surface area contributed by atoms with E-state index < -0.39 is 5.97 Å². The number of ether oxygens (including phenoxy) is 2. The van der Waals surface area contributed by atoms with Crippen molar-refractivity contribution in [3.05, 3.63) is 96.1 Å². The Morgan fingerprint density at radius 2 is 1.57 bits per heavy atom. The Morgan fingerprint density at radius 1 is 0.900 bits per heavy atom. The van der Waals surface area contributed by atoms with Gasteiger partial charge in [-0.05, 0) is 60.2 Å². The monoisotopic (exact) mass is 398 g/mol. The van der Waals surface area contributed by atoms with Crippen LogP contribution in [0, 0.1) is 11.3 Å². The number of nitrogens with zero attached hydrogens (tertiary/aromatic N) is 1. The van der Waals surface area contributed by atoms with E-state index in [0.717, 1.165) is 5.56 Å². The number of carbonyl (C=O) groups is 2. The number of nitriles is 1. The Labute approximate surface area is 174 Å². The molecular formula is C24H18N2O4. The lowest BCUT2D eigenvalue weighted by Crippen LogP contribution is -2.11. The fraction of sp³-hybridized carbons (Fsp3) is 0.0417. The molecule has 1 N–H and O–H groups in total. The SMILES string of the molecule is N#CCOc1ccc(/C=C/C(=O)Oc2ccc(NC(=O)c3ccccc3)cc2)cc1. The van der Waals surface area contributed by atoms with Gasteiger partial charge >= 0.3 is 5.97 Å². The highest BCUT2D eigenvalue weighted by atomic mass is 16.5. The first-order valence-electron chi connectivity index (χ1n) is 9.10. The van der Waals surface area contributed by atoms with Crippen LogP contribution in [0.1, 0.15) is 15.9 Å². The highest BCUT2D eigenvalue weighted by Crippen LogP contribution is 2.17. The second-order valence-electron chi connectivity index (χ2n) is 6.11. The third-order valence-electron chi connectivity index (χ3n) is 3.96. The van der Waals surface area contributed by atoms with Gasteiger partial charge in [0.1, 0.15) is 17.6 Å². The molecule has 6 heteroatoms. The lowest BCUT2D eigenvalue weighted by Gasteiger charge is -2.06. The lowest BCUT2D eigenvalue weighted by atomic mass is 10.2. The number of rotatable bonds is 7. The van der Waals surface area contributed by atoms with Crippen LogP contribution in [0.15, 0.2) is 84.9 Å². The number of esters is 1. The van der Waals surface area contributed by atoms with Crippen molar-refractivity contribution in [2.45, 2.75) is 0 Å². The molecule has 0 bridgehead atoms. The number of anilines is 1. The summed E-state index contributed by atoms with van der Waals surface area (Å²) < 4.78 is 10.4. The van der Waals surface area contributed by atoms with Gasteiger partial charge in [-0.3, -0.25) is 4.79 Å². The average Bonchev–Trinajstić information content (AvgIpc) is 2.79. The van der Waals surface area contributed by atoms with E-state index >= 15 is 0 Å². The number of carbonyl (C=O) groups excluding carboxylic acids is 2. The molecule has 30 heavy (non-hydrogen) atoms. The van der Waals surface area contributed by atoms with E-state index in [1.165, 1.54) is 6.08 Å². The molecule has 0 aliphatic carbocycles. The van der Waals surface area contributed by atoms with Crippen LogP contribution in [0.25, 0.3) is 6.08 Å². The summed E-state index contributed by atoms with van der Waals surface area (Å²) >= 11 is 0. The van der Waals surface area contributed by atoms with E-state index in [1.807, 2.05) is 12.1 Å². The molecular weight excluding hydrogens is 380 g/mol. The molecule has 1 amide bonds. The topological polar surface area (TPSA) is 88.4 Å². The zero-order chi connectivity index (χ0) is 21.2. The summed E-state index contributed by atoms with van der Waals surface area (Å²) in [5.74, 6) is 0.200. The second kappa shape index (κ2) is 10.2. The van der Waals surface area contributed by atoms with Crippen LogP contribution in [-0.4, -0.2) is 18.5 Å². The van der Waals surface area contributed by atoms with Gasteiger partial charge in [-0.2, -0.15) is 5.26 Å². The van der Waals surface area contributed by atoms with Crippen molar-refractivity contribution in [2.24, 2.45) is 0 Å². The number of hydrogen-bond donors (Lipinski definition) is 1. The van der Waals surface area contributed by atoms with Crippen molar-refractivity contribution < 1.29 is 19.1 Å². The van der Waals surface area contributed by atoms with E-state index in [9.17, 15) is 9.59 Å². The summed E-state index contributed by atoms with van der Waals surface area (Å²) in [4.78, 5) is 24.1. The summed E-state index contributed by atoms with van der Waals surface area (Å²) in [6.45, 7) is -0.0176. The van der Waals surface area contributed by atoms with Crippen LogP contribution in [0.5, 0.6) is 11.5 Å². The highest BCUT2D eigenvalue weighted by Gasteiger charge is 2.06. The van der Waals surface area contributed by atoms with E-state index in [2.05, 4.69) is 5.32 Å². The largest absolute Gasteiger partial charge is 0.479 e. The van der Waals surface area contributed by atoms with Crippen molar-refractivity contribution in [1.29, 1.82) is 5.26 Å². The van der Waals surface area contributed by atoms with Gasteiger partial charge in [0.25, 0.3) is 5.91 Å². The molecule has 3 rings (SSSR count). The Kier molecular flexibility index (Phi) is 6.96. The number of nitrogens with one attached hydrogen (secondary N) is 1. The molecule has 0 heterocycles. The number of hydrogen-bond acceptors (Lipinski definition) is 5. The van der Waals surface area contributed by atoms with Gasteiger partial charge in [0.15, 0.2) is 6.61 Å². The zero-order valence-corrected chi connectivity index (χ0v) is 15.9. The Hall–Kier alpha value is -4.37. The van der Waals surface area contributed by atoms with Gasteiger partial charge in [-0.1, -0.05) is 30.3 Å². The van der Waals surface area contributed by atoms with Crippen LogP contribution in [-0.2, 0) is 4.79 Å². The maximum atomic E-state index is 12.1. The van der Waals surface area contributed by atoms with Crippen LogP contribution >= 0.6 is 0 Å². The lowest BCUT2D eigenvalue weighted by molar-refractivity contribution is -0.128. The molecule has 0 saturated carbocycles. The van der Waals surface area contributed by atoms with Crippen molar-refractivity contribution in [3.8, 4) is 17.6 Å². The maximum absolute atomic E-state index is 12.1. The first-order valence-corrected chi connectivity index (χ1v) is 9.10. The summed E-state index contributed by atoms with van der Waals surface area (Å²) in [6.07, 6.45) is 2.93. The van der Waals surface area contributed by atoms with Gasteiger partial charge in [-0.15, -0.1) is 0 Å². The summed E-state index contributed by atoms with van der Waals surface area (Å²) in [6, 6.07) is 24.3. The molecule has 0 aromatic heterocycles. The minimum atomic E-state index is -0.527. The van der Waals surface area contributed by atoms with Gasteiger partial charge in [0.2, 0.25) is 0 Å². The molecule has 0 saturated heterocycles. The third-order valence-corrected chi connectivity index (χ3v) is 3.96. The molecule has 0 aliphatic heterocycles. The highest BCUT2D eigenvalue weighted by molar-refractivity contribution is 6.04.